The summed E-state index contributed by atoms with van der Waals surface area (Å²) >= 11 is 11.8. The maximum Gasteiger partial charge on any atom is 0.132 e. The number of aryl methyl sites for hydroxylation is 1. The molecule has 0 aliphatic rings. The van der Waals surface area contributed by atoms with Gasteiger partial charge in [0.2, 0.25) is 0 Å². The second-order valence-electron chi connectivity index (χ2n) is 4.64. The summed E-state index contributed by atoms with van der Waals surface area (Å²) in [6.45, 7) is 1.93. The van der Waals surface area contributed by atoms with Crippen molar-refractivity contribution in [1.29, 1.82) is 0 Å². The lowest BCUT2D eigenvalue weighted by Gasteiger charge is -2.03. The third kappa shape index (κ3) is 3.30. The third-order valence-corrected chi connectivity index (χ3v) is 3.51. The average Bonchev–Trinajstić information content (AvgIpc) is 2.87. The summed E-state index contributed by atoms with van der Waals surface area (Å²) in [4.78, 5) is 8.38. The molecule has 0 amide bonds. The summed E-state index contributed by atoms with van der Waals surface area (Å²) in [5.74, 6) is 6.93. The van der Waals surface area contributed by atoms with Gasteiger partial charge >= 0.3 is 0 Å². The van der Waals surface area contributed by atoms with E-state index in [2.05, 4.69) is 21.8 Å². The molecule has 0 aliphatic carbocycles. The molecule has 2 aromatic heterocycles. The Kier molecular flexibility index (Phi) is 4.15. The van der Waals surface area contributed by atoms with E-state index in [0.717, 1.165) is 17.1 Å². The van der Waals surface area contributed by atoms with Crippen LogP contribution in [0, 0.1) is 18.8 Å². The van der Waals surface area contributed by atoms with Crippen LogP contribution in [0.25, 0.3) is 5.69 Å². The van der Waals surface area contributed by atoms with E-state index in [1.165, 1.54) is 0 Å². The predicted octanol–water partition coefficient (Wildman–Crippen LogP) is 4.28. The van der Waals surface area contributed by atoms with Crippen LogP contribution in [0.1, 0.15) is 17.1 Å². The summed E-state index contributed by atoms with van der Waals surface area (Å²) in [7, 11) is 0. The molecule has 0 saturated heterocycles. The Labute approximate surface area is 138 Å². The highest BCUT2D eigenvalue weighted by atomic mass is 35.5. The molecule has 0 N–H and O–H groups in total. The van der Waals surface area contributed by atoms with Crippen molar-refractivity contribution in [3.63, 3.8) is 0 Å². The van der Waals surface area contributed by atoms with Crippen LogP contribution in [0.2, 0.25) is 10.2 Å². The highest BCUT2D eigenvalue weighted by Gasteiger charge is 2.04. The van der Waals surface area contributed by atoms with E-state index < -0.39 is 0 Å². The molecule has 0 saturated carbocycles. The Balaban J connectivity index is 1.91. The lowest BCUT2D eigenvalue weighted by atomic mass is 10.2. The maximum atomic E-state index is 5.91. The number of benzene rings is 1. The summed E-state index contributed by atoms with van der Waals surface area (Å²) in [6.07, 6.45) is 3.53. The molecule has 3 aromatic rings. The highest BCUT2D eigenvalue weighted by Crippen LogP contribution is 2.16. The fourth-order valence-corrected chi connectivity index (χ4v) is 2.31. The van der Waals surface area contributed by atoms with Gasteiger partial charge in [-0.15, -0.1) is 0 Å². The summed E-state index contributed by atoms with van der Waals surface area (Å²) in [5.41, 5.74) is 2.49. The molecule has 0 unspecified atom stereocenters. The predicted molar refractivity (Wildman–Crippen MR) is 88.5 cm³/mol. The van der Waals surface area contributed by atoms with Gasteiger partial charge in [0.05, 0.1) is 0 Å². The lowest BCUT2D eigenvalue weighted by Crippen LogP contribution is -1.94. The smallest absolute Gasteiger partial charge is 0.132 e. The molecule has 5 heteroatoms. The molecule has 3 nitrogen and oxygen atoms in total. The second-order valence-corrected chi connectivity index (χ2v) is 5.46. The van der Waals surface area contributed by atoms with Crippen LogP contribution in [0.4, 0.5) is 0 Å². The van der Waals surface area contributed by atoms with Crippen molar-refractivity contribution in [3.8, 4) is 17.5 Å². The van der Waals surface area contributed by atoms with Gasteiger partial charge in [-0.05, 0) is 49.2 Å². The topological polar surface area (TPSA) is 30.7 Å². The molecule has 0 atom stereocenters. The van der Waals surface area contributed by atoms with Gasteiger partial charge < -0.3 is 4.57 Å². The number of rotatable bonds is 1. The van der Waals surface area contributed by atoms with E-state index in [0.29, 0.717) is 15.9 Å². The van der Waals surface area contributed by atoms with Gasteiger partial charge in [0.15, 0.2) is 0 Å². The molecule has 0 spiro atoms. The van der Waals surface area contributed by atoms with E-state index in [9.17, 15) is 0 Å². The van der Waals surface area contributed by atoms with Crippen molar-refractivity contribution in [2.75, 3.05) is 0 Å². The zero-order chi connectivity index (χ0) is 15.5. The standard InChI is InChI=1S/C17H11Cl2N3/c1-12-21-15(5-2-13-8-9-20-17(19)10-13)11-22(12)16-6-3-14(18)4-7-16/h3-4,6-11H,1H3. The molecule has 108 valence electrons. The fourth-order valence-electron chi connectivity index (χ4n) is 2.01. The first-order chi connectivity index (χ1) is 10.6. The zero-order valence-corrected chi connectivity index (χ0v) is 13.2. The van der Waals surface area contributed by atoms with Gasteiger partial charge in [0, 0.05) is 28.7 Å². The van der Waals surface area contributed by atoms with Crippen LogP contribution in [0.5, 0.6) is 0 Å². The molecule has 0 bridgehead atoms. The van der Waals surface area contributed by atoms with Gasteiger partial charge in [-0.3, -0.25) is 0 Å². The molecular weight excluding hydrogens is 317 g/mol. The first-order valence-corrected chi connectivity index (χ1v) is 7.33. The lowest BCUT2D eigenvalue weighted by molar-refractivity contribution is 0.975. The van der Waals surface area contributed by atoms with Gasteiger partial charge in [0.1, 0.15) is 16.7 Å². The van der Waals surface area contributed by atoms with Crippen molar-refractivity contribution in [3.05, 3.63) is 76.0 Å². The molecule has 3 rings (SSSR count). The van der Waals surface area contributed by atoms with Crippen molar-refractivity contribution in [1.82, 2.24) is 14.5 Å². The van der Waals surface area contributed by atoms with Crippen LogP contribution < -0.4 is 0 Å². The van der Waals surface area contributed by atoms with Crippen LogP contribution in [0.15, 0.2) is 48.8 Å². The van der Waals surface area contributed by atoms with Gasteiger partial charge in [-0.1, -0.05) is 29.1 Å². The zero-order valence-electron chi connectivity index (χ0n) is 11.7. The minimum Gasteiger partial charge on any atom is -0.303 e. The van der Waals surface area contributed by atoms with Crippen molar-refractivity contribution in [2.24, 2.45) is 0 Å². The number of aromatic nitrogens is 3. The molecule has 1 aromatic carbocycles. The van der Waals surface area contributed by atoms with Crippen molar-refractivity contribution >= 4 is 23.2 Å². The average molecular weight is 328 g/mol. The van der Waals surface area contributed by atoms with Gasteiger partial charge in [-0.25, -0.2) is 9.97 Å². The first kappa shape index (κ1) is 14.6. The molecule has 0 fully saturated rings. The van der Waals surface area contributed by atoms with E-state index in [4.69, 9.17) is 23.2 Å². The summed E-state index contributed by atoms with van der Waals surface area (Å²) in [5, 5.41) is 1.13. The fraction of sp³-hybridized carbons (Fsp3) is 0.0588. The van der Waals surface area contributed by atoms with Crippen LogP contribution in [-0.2, 0) is 0 Å². The molecule has 22 heavy (non-hydrogen) atoms. The molecular formula is C17H11Cl2N3. The second kappa shape index (κ2) is 6.23. The Morgan fingerprint density at radius 1 is 1.05 bits per heavy atom. The molecule has 2 heterocycles. The summed E-state index contributed by atoms with van der Waals surface area (Å²) < 4.78 is 1.97. The SMILES string of the molecule is Cc1nc(C#Cc2ccnc(Cl)c2)cn1-c1ccc(Cl)cc1. The minimum absolute atomic E-state index is 0.426. The van der Waals surface area contributed by atoms with Gasteiger partial charge in [0.25, 0.3) is 0 Å². The maximum absolute atomic E-state index is 5.91. The Hall–Kier alpha value is -2.28. The third-order valence-electron chi connectivity index (χ3n) is 3.05. The number of hydrogen-bond donors (Lipinski definition) is 0. The monoisotopic (exact) mass is 327 g/mol. The Bertz CT molecular complexity index is 871. The Morgan fingerprint density at radius 2 is 1.82 bits per heavy atom. The normalized spacial score (nSPS) is 10.1. The number of imidazole rings is 1. The Morgan fingerprint density at radius 3 is 2.55 bits per heavy atom. The summed E-state index contributed by atoms with van der Waals surface area (Å²) in [6, 6.07) is 11.1. The largest absolute Gasteiger partial charge is 0.303 e. The number of hydrogen-bond acceptors (Lipinski definition) is 2. The highest BCUT2D eigenvalue weighted by molar-refractivity contribution is 6.30. The number of pyridine rings is 1. The van der Waals surface area contributed by atoms with E-state index in [1.54, 1.807) is 12.3 Å². The van der Waals surface area contributed by atoms with Crippen LogP contribution in [0.3, 0.4) is 0 Å². The molecule has 0 aliphatic heterocycles. The van der Waals surface area contributed by atoms with Crippen molar-refractivity contribution < 1.29 is 0 Å². The van der Waals surface area contributed by atoms with Gasteiger partial charge in [-0.2, -0.15) is 0 Å². The van der Waals surface area contributed by atoms with Crippen molar-refractivity contribution in [2.45, 2.75) is 6.92 Å². The van der Waals surface area contributed by atoms with Crippen LogP contribution >= 0.6 is 23.2 Å². The first-order valence-electron chi connectivity index (χ1n) is 6.57. The number of nitrogens with zero attached hydrogens (tertiary/aromatic N) is 3. The van der Waals surface area contributed by atoms with E-state index in [-0.39, 0.29) is 0 Å². The molecule has 0 radical (unpaired) electrons. The minimum atomic E-state index is 0.426. The quantitative estimate of drug-likeness (QED) is 0.493. The van der Waals surface area contributed by atoms with Crippen LogP contribution in [-0.4, -0.2) is 14.5 Å². The van der Waals surface area contributed by atoms with E-state index in [1.807, 2.05) is 48.0 Å². The number of halogens is 2. The van der Waals surface area contributed by atoms with E-state index >= 15 is 0 Å².